The molecule has 4 atom stereocenters. The molecule has 0 spiro atoms. The second-order valence-corrected chi connectivity index (χ2v) is 8.61. The molecule has 0 aromatic carbocycles. The molecule has 0 radical (unpaired) electrons. The predicted molar refractivity (Wildman–Crippen MR) is 93.6 cm³/mol. The second kappa shape index (κ2) is 6.99. The van der Waals surface area contributed by atoms with Gasteiger partial charge in [0.05, 0.1) is 6.10 Å². The summed E-state index contributed by atoms with van der Waals surface area (Å²) in [7, 11) is 0. The molecule has 2 aliphatic heterocycles. The van der Waals surface area contributed by atoms with Crippen molar-refractivity contribution in [2.24, 2.45) is 0 Å². The van der Waals surface area contributed by atoms with Gasteiger partial charge in [0.15, 0.2) is 0 Å². The zero-order chi connectivity index (χ0) is 15.8. The van der Waals surface area contributed by atoms with Crippen LogP contribution >= 0.6 is 0 Å². The molecule has 4 aliphatic rings. The molecule has 4 nitrogen and oxygen atoms in total. The van der Waals surface area contributed by atoms with Gasteiger partial charge in [-0.25, -0.2) is 0 Å². The van der Waals surface area contributed by atoms with Gasteiger partial charge in [0, 0.05) is 49.8 Å². The van der Waals surface area contributed by atoms with Crippen LogP contribution in [0.5, 0.6) is 0 Å². The Morgan fingerprint density at radius 3 is 2.35 bits per heavy atom. The summed E-state index contributed by atoms with van der Waals surface area (Å²) in [5, 5.41) is 14.2. The van der Waals surface area contributed by atoms with Gasteiger partial charge in [-0.05, 0) is 51.9 Å². The Hall–Kier alpha value is -0.160. The van der Waals surface area contributed by atoms with E-state index in [4.69, 9.17) is 0 Å². The van der Waals surface area contributed by atoms with Crippen LogP contribution in [0.25, 0.3) is 0 Å². The van der Waals surface area contributed by atoms with Crippen molar-refractivity contribution in [3.8, 4) is 0 Å². The summed E-state index contributed by atoms with van der Waals surface area (Å²) in [6.45, 7) is 6.03. The van der Waals surface area contributed by atoms with Crippen molar-refractivity contribution < 1.29 is 5.11 Å². The number of hydrogen-bond donors (Lipinski definition) is 2. The minimum atomic E-state index is -0.0731. The molecule has 4 fully saturated rings. The summed E-state index contributed by atoms with van der Waals surface area (Å²) < 4.78 is 0. The number of aliphatic hydroxyl groups is 1. The summed E-state index contributed by atoms with van der Waals surface area (Å²) in [5.74, 6) is 0. The van der Waals surface area contributed by atoms with Crippen molar-refractivity contribution in [3.05, 3.63) is 0 Å². The van der Waals surface area contributed by atoms with Crippen molar-refractivity contribution in [1.29, 1.82) is 0 Å². The third-order valence-corrected chi connectivity index (χ3v) is 6.80. The van der Waals surface area contributed by atoms with Crippen molar-refractivity contribution >= 4 is 0 Å². The molecule has 132 valence electrons. The molecule has 4 rings (SSSR count). The Labute approximate surface area is 141 Å². The van der Waals surface area contributed by atoms with Crippen LogP contribution in [0.1, 0.15) is 64.7 Å². The molecule has 0 bridgehead atoms. The van der Waals surface area contributed by atoms with Crippen LogP contribution in [0.4, 0.5) is 0 Å². The lowest BCUT2D eigenvalue weighted by Crippen LogP contribution is -2.53. The van der Waals surface area contributed by atoms with E-state index in [-0.39, 0.29) is 6.10 Å². The van der Waals surface area contributed by atoms with E-state index in [9.17, 15) is 5.11 Å². The molecular formula is C19H35N3O. The molecule has 23 heavy (non-hydrogen) atoms. The third-order valence-electron chi connectivity index (χ3n) is 6.80. The van der Waals surface area contributed by atoms with Crippen LogP contribution < -0.4 is 5.32 Å². The zero-order valence-corrected chi connectivity index (χ0v) is 14.8. The topological polar surface area (TPSA) is 38.7 Å². The van der Waals surface area contributed by atoms with Gasteiger partial charge in [0.25, 0.3) is 0 Å². The Morgan fingerprint density at radius 2 is 1.65 bits per heavy atom. The maximum absolute atomic E-state index is 10.3. The van der Waals surface area contributed by atoms with Crippen LogP contribution in [0.2, 0.25) is 0 Å². The first-order valence-corrected chi connectivity index (χ1v) is 10.1. The Kier molecular flexibility index (Phi) is 4.96. The van der Waals surface area contributed by atoms with Crippen molar-refractivity contribution in [1.82, 2.24) is 15.1 Å². The van der Waals surface area contributed by atoms with Gasteiger partial charge in [-0.15, -0.1) is 0 Å². The molecular weight excluding hydrogens is 286 g/mol. The smallest absolute Gasteiger partial charge is 0.0695 e. The Bertz CT molecular complexity index is 392. The molecule has 2 saturated carbocycles. The molecule has 2 heterocycles. The minimum Gasteiger partial charge on any atom is -0.391 e. The average Bonchev–Trinajstić information content (AvgIpc) is 3.33. The molecule has 0 aromatic heterocycles. The number of aliphatic hydroxyl groups excluding tert-OH is 1. The Balaban J connectivity index is 1.22. The monoisotopic (exact) mass is 321 g/mol. The fourth-order valence-electron chi connectivity index (χ4n) is 5.34. The molecule has 2 saturated heterocycles. The highest BCUT2D eigenvalue weighted by Crippen LogP contribution is 2.33. The number of nitrogens with one attached hydrogen (secondary N) is 1. The number of hydrogen-bond acceptors (Lipinski definition) is 4. The molecule has 0 amide bonds. The van der Waals surface area contributed by atoms with Crippen LogP contribution in [0.15, 0.2) is 0 Å². The SMILES string of the molecule is CC1CC(NC2CCN(C3CCCCC3O)CC2)CN1C1CC1. The number of nitrogens with zero attached hydrogens (tertiary/aromatic N) is 2. The van der Waals surface area contributed by atoms with E-state index >= 15 is 0 Å². The fraction of sp³-hybridized carbons (Fsp3) is 1.00. The molecule has 4 unspecified atom stereocenters. The molecule has 0 aromatic rings. The normalized spacial score (nSPS) is 41.5. The van der Waals surface area contributed by atoms with E-state index < -0.39 is 0 Å². The summed E-state index contributed by atoms with van der Waals surface area (Å²) in [6, 6.07) is 3.54. The van der Waals surface area contributed by atoms with E-state index in [2.05, 4.69) is 22.0 Å². The lowest BCUT2D eigenvalue weighted by atomic mass is 9.89. The molecule has 4 heteroatoms. The summed E-state index contributed by atoms with van der Waals surface area (Å²) in [6.07, 6.45) is 11.4. The maximum Gasteiger partial charge on any atom is 0.0695 e. The summed E-state index contributed by atoms with van der Waals surface area (Å²) >= 11 is 0. The van der Waals surface area contributed by atoms with Crippen LogP contribution in [0.3, 0.4) is 0 Å². The number of piperidine rings is 1. The standard InChI is InChI=1S/C19H35N3O/c1-14-12-16(13-22(14)17-6-7-17)20-15-8-10-21(11-9-15)18-4-2-3-5-19(18)23/h14-20,23H,2-13H2,1H3. The quantitative estimate of drug-likeness (QED) is 0.830. The van der Waals surface area contributed by atoms with Crippen LogP contribution in [0, 0.1) is 0 Å². The van der Waals surface area contributed by atoms with Gasteiger partial charge in [-0.1, -0.05) is 12.8 Å². The Morgan fingerprint density at radius 1 is 0.913 bits per heavy atom. The summed E-state index contributed by atoms with van der Waals surface area (Å²) in [5.41, 5.74) is 0. The zero-order valence-electron chi connectivity index (χ0n) is 14.8. The average molecular weight is 322 g/mol. The van der Waals surface area contributed by atoms with Crippen molar-refractivity contribution in [2.75, 3.05) is 19.6 Å². The second-order valence-electron chi connectivity index (χ2n) is 8.61. The third kappa shape index (κ3) is 3.76. The molecule has 2 N–H and O–H groups in total. The van der Waals surface area contributed by atoms with Gasteiger partial charge < -0.3 is 10.4 Å². The number of likely N-dealkylation sites (tertiary alicyclic amines) is 2. The maximum atomic E-state index is 10.3. The lowest BCUT2D eigenvalue weighted by molar-refractivity contribution is 0.00666. The minimum absolute atomic E-state index is 0.0731. The van der Waals surface area contributed by atoms with Crippen LogP contribution in [-0.2, 0) is 0 Å². The summed E-state index contributed by atoms with van der Waals surface area (Å²) in [4.78, 5) is 5.32. The van der Waals surface area contributed by atoms with Gasteiger partial charge in [0.2, 0.25) is 0 Å². The first-order chi connectivity index (χ1) is 11.2. The van der Waals surface area contributed by atoms with Crippen molar-refractivity contribution in [2.45, 2.75) is 101 Å². The number of rotatable bonds is 4. The van der Waals surface area contributed by atoms with E-state index in [1.807, 2.05) is 0 Å². The lowest BCUT2D eigenvalue weighted by Gasteiger charge is -2.42. The highest BCUT2D eigenvalue weighted by molar-refractivity contribution is 4.97. The van der Waals surface area contributed by atoms with E-state index in [0.717, 1.165) is 18.5 Å². The first-order valence-electron chi connectivity index (χ1n) is 10.1. The fourth-order valence-corrected chi connectivity index (χ4v) is 5.34. The van der Waals surface area contributed by atoms with Gasteiger partial charge in [-0.3, -0.25) is 9.80 Å². The van der Waals surface area contributed by atoms with Gasteiger partial charge >= 0.3 is 0 Å². The largest absolute Gasteiger partial charge is 0.391 e. The predicted octanol–water partition coefficient (Wildman–Crippen LogP) is 1.97. The van der Waals surface area contributed by atoms with E-state index in [1.165, 1.54) is 71.0 Å². The van der Waals surface area contributed by atoms with Crippen LogP contribution in [-0.4, -0.2) is 70.9 Å². The highest BCUT2D eigenvalue weighted by Gasteiger charge is 2.39. The van der Waals surface area contributed by atoms with Gasteiger partial charge in [-0.2, -0.15) is 0 Å². The molecule has 2 aliphatic carbocycles. The van der Waals surface area contributed by atoms with E-state index in [0.29, 0.717) is 18.1 Å². The highest BCUT2D eigenvalue weighted by atomic mass is 16.3. The first kappa shape index (κ1) is 16.3. The van der Waals surface area contributed by atoms with Crippen molar-refractivity contribution in [3.63, 3.8) is 0 Å². The van der Waals surface area contributed by atoms with E-state index in [1.54, 1.807) is 0 Å². The van der Waals surface area contributed by atoms with Gasteiger partial charge in [0.1, 0.15) is 0 Å².